The molecular formula is H7BClN2O2. The number of hydrogen-bond donors (Lipinski definition) is 4. The van der Waals surface area contributed by atoms with Gasteiger partial charge in [-0.15, -0.1) is 12.4 Å². The summed E-state index contributed by atoms with van der Waals surface area (Å²) >= 11 is 0. The van der Waals surface area contributed by atoms with Gasteiger partial charge in [0.15, 0.2) is 0 Å². The number of nitrogens with two attached hydrogens (primary N) is 2. The predicted octanol–water partition coefficient (Wildman–Crippen LogP) is -1.29. The molecular weight excluding hydrogens is 106 g/mol. The number of hydrogen-bond acceptors (Lipinski definition) is 4. The molecule has 6 N–H and O–H groups in total. The van der Waals surface area contributed by atoms with E-state index in [4.69, 9.17) is 10.4 Å². The van der Waals surface area contributed by atoms with Crippen LogP contribution in [0.1, 0.15) is 0 Å². The third-order valence-electron chi connectivity index (χ3n) is 0. The normalized spacial score (nSPS) is 2.00. The van der Waals surface area contributed by atoms with E-state index in [0.717, 1.165) is 0 Å². The lowest BCUT2D eigenvalue weighted by atomic mass is 10.8. The Morgan fingerprint density at radius 1 is 0.833 bits per heavy atom. The van der Waals surface area contributed by atoms with Gasteiger partial charge >= 0.3 is 0 Å². The molecule has 0 aliphatic heterocycles. The molecule has 3 radical (unpaired) electrons. The zero-order valence-corrected chi connectivity index (χ0v) is 3.85. The minimum atomic E-state index is 0. The molecule has 0 bridgehead atoms. The zero-order chi connectivity index (χ0) is 4.00. The van der Waals surface area contributed by atoms with Crippen molar-refractivity contribution in [3.8, 4) is 0 Å². The van der Waals surface area contributed by atoms with Crippen LogP contribution < -0.4 is 11.8 Å². The second-order valence-electron chi connectivity index (χ2n) is 0. The van der Waals surface area contributed by atoms with Crippen LogP contribution in [-0.2, 0) is 0 Å². The first-order valence-electron chi connectivity index (χ1n) is 0.516. The van der Waals surface area contributed by atoms with E-state index in [2.05, 4.69) is 11.8 Å². The maximum absolute atomic E-state index is 6.50. The van der Waals surface area contributed by atoms with Gasteiger partial charge in [0.25, 0.3) is 0 Å². The summed E-state index contributed by atoms with van der Waals surface area (Å²) in [7, 11) is 0. The van der Waals surface area contributed by atoms with E-state index in [1.165, 1.54) is 0 Å². The van der Waals surface area contributed by atoms with E-state index in [9.17, 15) is 0 Å². The molecule has 0 unspecified atom stereocenters. The molecule has 0 aliphatic carbocycles. The topological polar surface area (TPSA) is 92.5 Å². The van der Waals surface area contributed by atoms with Crippen LogP contribution in [0.5, 0.6) is 0 Å². The molecule has 0 saturated carbocycles. The smallest absolute Gasteiger partial charge is 0 e. The molecule has 0 aromatic heterocycles. The first-order chi connectivity index (χ1) is 2.00. The molecule has 0 aromatic rings. The molecule has 0 atom stereocenters. The molecule has 39 valence electrons. The molecule has 0 spiro atoms. The van der Waals surface area contributed by atoms with E-state index >= 15 is 0 Å². The van der Waals surface area contributed by atoms with Crippen LogP contribution in [0, 0.1) is 0 Å². The van der Waals surface area contributed by atoms with Gasteiger partial charge < -0.3 is 10.4 Å². The van der Waals surface area contributed by atoms with E-state index in [0.29, 0.717) is 0 Å². The molecule has 0 rings (SSSR count). The molecule has 6 heavy (non-hydrogen) atoms. The van der Waals surface area contributed by atoms with Gasteiger partial charge in [0.2, 0.25) is 0 Å². The van der Waals surface area contributed by atoms with Crippen molar-refractivity contribution in [3.05, 3.63) is 0 Å². The van der Waals surface area contributed by atoms with Crippen LogP contribution in [0.2, 0.25) is 0 Å². The maximum atomic E-state index is 6.50. The second-order valence-corrected chi connectivity index (χ2v) is 0. The minimum absolute atomic E-state index is 0. The van der Waals surface area contributed by atoms with Crippen molar-refractivity contribution in [2.45, 2.75) is 0 Å². The molecule has 4 nitrogen and oxygen atoms in total. The Labute approximate surface area is 44.0 Å². The Bertz CT molecular complexity index is 11.5. The molecule has 0 fully saturated rings. The van der Waals surface area contributed by atoms with Crippen LogP contribution >= 0.6 is 12.4 Å². The summed E-state index contributed by atoms with van der Waals surface area (Å²) in [5, 5.41) is 13.0. The Morgan fingerprint density at radius 3 is 0.833 bits per heavy atom. The van der Waals surface area contributed by atoms with Gasteiger partial charge in [-0.05, 0) is 0 Å². The van der Waals surface area contributed by atoms with Crippen molar-refractivity contribution < 1.29 is 10.4 Å². The largest absolute Gasteiger partial charge is 0.320 e. The standard InChI is InChI=1S/B.ClH.2H3NO/c;;2*1-2/h;1H;2*2H,1H2. The molecule has 0 amide bonds. The summed E-state index contributed by atoms with van der Waals surface area (Å²) in [6, 6.07) is 0. The SMILES string of the molecule is Cl.NO.NO.[B]. The third kappa shape index (κ3) is 1130. The fraction of sp³-hybridized carbons (Fsp3) is 0. The first kappa shape index (κ1) is 34.7. The lowest BCUT2D eigenvalue weighted by molar-refractivity contribution is 0.311. The van der Waals surface area contributed by atoms with Gasteiger partial charge in [-0.2, -0.15) is 0 Å². The van der Waals surface area contributed by atoms with Crippen molar-refractivity contribution in [2.75, 3.05) is 0 Å². The fourth-order valence-corrected chi connectivity index (χ4v) is 0. The van der Waals surface area contributed by atoms with Crippen LogP contribution in [0.4, 0.5) is 0 Å². The average molecular weight is 113 g/mol. The van der Waals surface area contributed by atoms with Crippen molar-refractivity contribution in [1.29, 1.82) is 0 Å². The highest BCUT2D eigenvalue weighted by atomic mass is 35.5. The highest BCUT2D eigenvalue weighted by Crippen LogP contribution is 0.690. The molecule has 0 saturated heterocycles. The Hall–Kier alpha value is 0.195. The first-order valence-corrected chi connectivity index (χ1v) is 0.516. The molecule has 0 aromatic carbocycles. The van der Waals surface area contributed by atoms with Crippen molar-refractivity contribution in [2.24, 2.45) is 11.8 Å². The number of rotatable bonds is 0. The average Bonchev–Trinajstić information content (AvgIpc) is 1.50. The van der Waals surface area contributed by atoms with Crippen molar-refractivity contribution in [3.63, 3.8) is 0 Å². The lowest BCUT2D eigenvalue weighted by Crippen LogP contribution is -1.72. The van der Waals surface area contributed by atoms with Gasteiger partial charge in [0.1, 0.15) is 0 Å². The van der Waals surface area contributed by atoms with Gasteiger partial charge in [-0.3, -0.25) is 0 Å². The summed E-state index contributed by atoms with van der Waals surface area (Å²) in [6.07, 6.45) is 0. The third-order valence-corrected chi connectivity index (χ3v) is 0. The zero-order valence-electron chi connectivity index (χ0n) is 3.03. The van der Waals surface area contributed by atoms with Gasteiger partial charge in [-0.1, -0.05) is 0 Å². The van der Waals surface area contributed by atoms with Crippen LogP contribution in [0.3, 0.4) is 0 Å². The Balaban J connectivity index is -0.00000000500. The molecule has 0 aliphatic rings. The second kappa shape index (κ2) is 2410. The molecule has 0 heterocycles. The summed E-state index contributed by atoms with van der Waals surface area (Å²) in [5.74, 6) is 7.00. The van der Waals surface area contributed by atoms with Crippen LogP contribution in [0.15, 0.2) is 0 Å². The van der Waals surface area contributed by atoms with Gasteiger partial charge in [0, 0.05) is 8.41 Å². The van der Waals surface area contributed by atoms with E-state index in [1.54, 1.807) is 0 Å². The van der Waals surface area contributed by atoms with Gasteiger partial charge in [-0.25, -0.2) is 11.8 Å². The van der Waals surface area contributed by atoms with E-state index < -0.39 is 0 Å². The Kier molecular flexibility index (Phi) is 13900. The maximum Gasteiger partial charge on any atom is 0 e. The van der Waals surface area contributed by atoms with Gasteiger partial charge in [0.05, 0.1) is 0 Å². The quantitative estimate of drug-likeness (QED) is 0.232. The van der Waals surface area contributed by atoms with E-state index in [-0.39, 0.29) is 20.8 Å². The van der Waals surface area contributed by atoms with Crippen LogP contribution in [0.25, 0.3) is 0 Å². The minimum Gasteiger partial charge on any atom is -0.320 e. The van der Waals surface area contributed by atoms with Crippen LogP contribution in [-0.4, -0.2) is 18.8 Å². The van der Waals surface area contributed by atoms with Crippen molar-refractivity contribution in [1.82, 2.24) is 0 Å². The van der Waals surface area contributed by atoms with E-state index in [1.807, 2.05) is 0 Å². The summed E-state index contributed by atoms with van der Waals surface area (Å²) in [4.78, 5) is 0. The highest BCUT2D eigenvalue weighted by Gasteiger charge is 0.734. The van der Waals surface area contributed by atoms with Crippen molar-refractivity contribution >= 4 is 20.8 Å². The number of halogens is 1. The molecule has 6 heteroatoms. The predicted molar refractivity (Wildman–Crippen MR) is 24.9 cm³/mol. The lowest BCUT2D eigenvalue weighted by Gasteiger charge is -1.27. The summed E-state index contributed by atoms with van der Waals surface area (Å²) in [5.41, 5.74) is 0. The summed E-state index contributed by atoms with van der Waals surface area (Å²) < 4.78 is 0. The monoisotopic (exact) mass is 113 g/mol. The Morgan fingerprint density at radius 2 is 0.833 bits per heavy atom. The fourth-order valence-electron chi connectivity index (χ4n) is 0. The highest BCUT2D eigenvalue weighted by molar-refractivity contribution is 5.85. The summed E-state index contributed by atoms with van der Waals surface area (Å²) in [6.45, 7) is 0.